The number of halogens is 1. The molecular formula is C51H45ClN8O6. The third kappa shape index (κ3) is 10.8. The largest absolute Gasteiger partial charge is 0.472 e. The van der Waals surface area contributed by atoms with E-state index in [-0.39, 0.29) is 67.8 Å². The van der Waals surface area contributed by atoms with Crippen LogP contribution in [0.2, 0.25) is 5.15 Å². The Balaban J connectivity index is 0.000000176. The second-order valence-electron chi connectivity index (χ2n) is 15.4. The van der Waals surface area contributed by atoms with Gasteiger partial charge < -0.3 is 39.5 Å². The Kier molecular flexibility index (Phi) is 15.0. The Bertz CT molecular complexity index is 2860. The van der Waals surface area contributed by atoms with Crippen molar-refractivity contribution in [3.63, 3.8) is 0 Å². The molecule has 0 unspecified atom stereocenters. The van der Waals surface area contributed by atoms with Crippen LogP contribution in [0.4, 0.5) is 5.82 Å². The monoisotopic (exact) mass is 900 g/mol. The lowest BCUT2D eigenvalue weighted by Crippen LogP contribution is -2.11. The number of anilines is 1. The van der Waals surface area contributed by atoms with Crippen molar-refractivity contribution in [2.75, 3.05) is 32.0 Å². The number of hydrogen-bond donors (Lipinski definition) is 2. The minimum atomic E-state index is -0.0303. The van der Waals surface area contributed by atoms with Gasteiger partial charge in [0.25, 0.3) is 0 Å². The predicted octanol–water partition coefficient (Wildman–Crippen LogP) is 10.1. The summed E-state index contributed by atoms with van der Waals surface area (Å²) in [4.78, 5) is 8.68. The molecular weight excluding hydrogens is 856 g/mol. The Hall–Kier alpha value is -8.01. The molecule has 0 amide bonds. The van der Waals surface area contributed by atoms with E-state index < -0.39 is 0 Å². The van der Waals surface area contributed by atoms with E-state index in [0.717, 1.165) is 43.0 Å². The SMILES string of the molecule is C.N#Cc1c(Cl)nc(OCc2ccccc2)c(C#N)c1-c1ccc2c(c1)OCO2.N#Cc1c(NCC2CC2)nc(OCc2ccccc2)c(C#N)c1-c1ccc2c(c1)OCO2.NCC1CC1. The standard InChI is InChI=1S/C25H20N4O3.C21H12ClN3O3.C4H9N.CH4/c26-11-19-23(18-8-9-21-22(10-18)32-15-31-21)20(12-27)25(29-24(19)28-13-16-6-7-16)30-14-17-4-2-1-3-5-17;22-20-15(9-23)19(14-6-7-17-18(8-14)28-12-27-17)16(10-24)21(25-20)26-11-13-4-2-1-3-5-13;5-3-4-1-2-4;/h1-5,8-10,16H,6-7,13-15H2,(H,28,29);1-8H,11-12H2;4H,1-3,5H2;1H4. The summed E-state index contributed by atoms with van der Waals surface area (Å²) in [6.45, 7) is 2.39. The summed E-state index contributed by atoms with van der Waals surface area (Å²) < 4.78 is 33.4. The molecule has 2 fully saturated rings. The Morgan fingerprint density at radius 2 is 1.05 bits per heavy atom. The highest BCUT2D eigenvalue weighted by Gasteiger charge is 2.28. The Labute approximate surface area is 388 Å². The molecule has 15 heteroatoms. The lowest BCUT2D eigenvalue weighted by Gasteiger charge is -2.17. The molecule has 0 atom stereocenters. The molecule has 14 nitrogen and oxygen atoms in total. The summed E-state index contributed by atoms with van der Waals surface area (Å²) in [5.74, 6) is 4.53. The molecule has 10 rings (SSSR count). The number of nitrogens with one attached hydrogen (secondary N) is 1. The highest BCUT2D eigenvalue weighted by atomic mass is 35.5. The van der Waals surface area contributed by atoms with Gasteiger partial charge in [-0.05, 0) is 90.6 Å². The molecule has 66 heavy (non-hydrogen) atoms. The number of hydrogen-bond acceptors (Lipinski definition) is 14. The van der Waals surface area contributed by atoms with Gasteiger partial charge in [0.15, 0.2) is 28.2 Å². The maximum Gasteiger partial charge on any atom is 0.234 e. The molecule has 0 spiro atoms. The highest BCUT2D eigenvalue weighted by Crippen LogP contribution is 2.43. The maximum absolute atomic E-state index is 10.0. The van der Waals surface area contributed by atoms with E-state index in [4.69, 9.17) is 45.8 Å². The molecule has 2 aliphatic carbocycles. The minimum Gasteiger partial charge on any atom is -0.472 e. The number of pyridine rings is 2. The average molecular weight is 901 g/mol. The van der Waals surface area contributed by atoms with Crippen LogP contribution in [0.25, 0.3) is 22.3 Å². The van der Waals surface area contributed by atoms with Gasteiger partial charge in [-0.3, -0.25) is 0 Å². The van der Waals surface area contributed by atoms with Crippen LogP contribution in [0.1, 0.15) is 66.5 Å². The average Bonchev–Trinajstić information content (AvgIpc) is 4.28. The number of ether oxygens (including phenoxy) is 6. The van der Waals surface area contributed by atoms with Gasteiger partial charge in [0.05, 0.1) is 5.56 Å². The molecule has 0 radical (unpaired) electrons. The van der Waals surface area contributed by atoms with Gasteiger partial charge >= 0.3 is 0 Å². The van der Waals surface area contributed by atoms with Crippen molar-refractivity contribution in [2.24, 2.45) is 17.6 Å². The molecule has 6 aromatic rings. The van der Waals surface area contributed by atoms with E-state index in [1.807, 2.05) is 72.8 Å². The number of nitriles is 4. The number of nitrogens with two attached hydrogens (primary N) is 1. The summed E-state index contributed by atoms with van der Waals surface area (Å²) in [7, 11) is 0. The predicted molar refractivity (Wildman–Crippen MR) is 247 cm³/mol. The molecule has 4 aliphatic rings. The second-order valence-corrected chi connectivity index (χ2v) is 15.7. The van der Waals surface area contributed by atoms with Crippen LogP contribution >= 0.6 is 11.6 Å². The third-order valence-electron chi connectivity index (χ3n) is 10.8. The molecule has 2 saturated carbocycles. The summed E-state index contributed by atoms with van der Waals surface area (Å²) >= 11 is 6.23. The molecule has 2 aliphatic heterocycles. The van der Waals surface area contributed by atoms with Gasteiger partial charge in [-0.1, -0.05) is 91.8 Å². The summed E-state index contributed by atoms with van der Waals surface area (Å²) in [6, 6.07) is 38.3. The van der Waals surface area contributed by atoms with E-state index in [1.54, 1.807) is 30.3 Å². The first-order valence-electron chi connectivity index (χ1n) is 20.9. The Morgan fingerprint density at radius 3 is 1.48 bits per heavy atom. The van der Waals surface area contributed by atoms with Crippen LogP contribution in [0, 0.1) is 57.2 Å². The van der Waals surface area contributed by atoms with E-state index in [9.17, 15) is 21.0 Å². The van der Waals surface area contributed by atoms with Gasteiger partial charge in [0, 0.05) is 17.7 Å². The van der Waals surface area contributed by atoms with Crippen molar-refractivity contribution >= 4 is 17.4 Å². The van der Waals surface area contributed by atoms with E-state index >= 15 is 0 Å². The molecule has 3 N–H and O–H groups in total. The van der Waals surface area contributed by atoms with Crippen molar-refractivity contribution < 1.29 is 28.4 Å². The van der Waals surface area contributed by atoms with E-state index in [2.05, 4.69) is 33.5 Å². The van der Waals surface area contributed by atoms with Gasteiger partial charge in [-0.25, -0.2) is 0 Å². The smallest absolute Gasteiger partial charge is 0.234 e. The van der Waals surface area contributed by atoms with Gasteiger partial charge in [0.2, 0.25) is 25.3 Å². The first kappa shape index (κ1) is 46.0. The van der Waals surface area contributed by atoms with Crippen LogP contribution in [0.3, 0.4) is 0 Å². The molecule has 0 bridgehead atoms. The number of rotatable bonds is 12. The maximum atomic E-state index is 10.0. The molecule has 4 aromatic carbocycles. The normalized spacial score (nSPS) is 13.4. The Morgan fingerprint density at radius 1 is 0.591 bits per heavy atom. The van der Waals surface area contributed by atoms with Crippen LogP contribution < -0.4 is 39.5 Å². The quantitative estimate of drug-likeness (QED) is 0.109. The first-order chi connectivity index (χ1) is 31.9. The van der Waals surface area contributed by atoms with Crippen molar-refractivity contribution in [1.29, 1.82) is 21.0 Å². The number of benzene rings is 4. The van der Waals surface area contributed by atoms with Gasteiger partial charge in [-0.15, -0.1) is 0 Å². The fourth-order valence-corrected chi connectivity index (χ4v) is 7.12. The topological polar surface area (TPSA) is 214 Å². The molecule has 0 saturated heterocycles. The summed E-state index contributed by atoms with van der Waals surface area (Å²) in [5.41, 5.74) is 9.96. The lowest BCUT2D eigenvalue weighted by molar-refractivity contribution is 0.173. The summed E-state index contributed by atoms with van der Waals surface area (Å²) in [5, 5.41) is 42.7. The first-order valence-corrected chi connectivity index (χ1v) is 21.3. The zero-order valence-electron chi connectivity index (χ0n) is 35.1. The number of fused-ring (bicyclic) bond motifs is 2. The van der Waals surface area contributed by atoms with E-state index in [1.165, 1.54) is 12.8 Å². The number of nitrogens with zero attached hydrogens (tertiary/aromatic N) is 6. The van der Waals surface area contributed by atoms with Crippen molar-refractivity contribution in [3.05, 3.63) is 136 Å². The highest BCUT2D eigenvalue weighted by molar-refractivity contribution is 6.31. The third-order valence-corrected chi connectivity index (χ3v) is 11.0. The van der Waals surface area contributed by atoms with Gasteiger partial charge in [-0.2, -0.15) is 31.0 Å². The lowest BCUT2D eigenvalue weighted by atomic mass is 9.96. The second kappa shape index (κ2) is 21.6. The zero-order chi connectivity index (χ0) is 45.1. The van der Waals surface area contributed by atoms with Crippen LogP contribution in [-0.4, -0.2) is 36.6 Å². The fourth-order valence-electron chi connectivity index (χ4n) is 6.90. The molecule has 2 aromatic heterocycles. The molecule has 332 valence electrons. The van der Waals surface area contributed by atoms with Crippen molar-refractivity contribution in [2.45, 2.75) is 46.3 Å². The van der Waals surface area contributed by atoms with Crippen LogP contribution in [0.15, 0.2) is 97.1 Å². The van der Waals surface area contributed by atoms with Crippen molar-refractivity contribution in [3.8, 4) is 81.3 Å². The van der Waals surface area contributed by atoms with Crippen molar-refractivity contribution in [1.82, 2.24) is 9.97 Å². The molecule has 4 heterocycles. The zero-order valence-corrected chi connectivity index (χ0v) is 35.8. The van der Waals surface area contributed by atoms with Crippen LogP contribution in [-0.2, 0) is 13.2 Å². The number of aromatic nitrogens is 2. The fraction of sp³-hybridized carbons (Fsp3) is 0.255. The van der Waals surface area contributed by atoms with E-state index in [0.29, 0.717) is 62.6 Å². The van der Waals surface area contributed by atoms with Crippen LogP contribution in [0.5, 0.6) is 34.8 Å². The van der Waals surface area contributed by atoms with Gasteiger partial charge in [0.1, 0.15) is 60.0 Å². The summed E-state index contributed by atoms with van der Waals surface area (Å²) in [6.07, 6.45) is 5.10. The minimum absolute atomic E-state index is 0.